The van der Waals surface area contributed by atoms with Crippen LogP contribution in [-0.4, -0.2) is 66.9 Å². The first kappa shape index (κ1) is 21.3. The van der Waals surface area contributed by atoms with Crippen LogP contribution in [0.1, 0.15) is 36.0 Å². The number of nitrogens with zero attached hydrogens (tertiary/aromatic N) is 3. The number of benzene rings is 1. The van der Waals surface area contributed by atoms with Crippen molar-refractivity contribution in [1.82, 2.24) is 20.4 Å². The number of rotatable bonds is 6. The van der Waals surface area contributed by atoms with Crippen LogP contribution in [0.15, 0.2) is 36.4 Å². The monoisotopic (exact) mass is 435 g/mol. The van der Waals surface area contributed by atoms with E-state index in [0.717, 1.165) is 48.0 Å². The first-order valence-electron chi connectivity index (χ1n) is 11.9. The highest BCUT2D eigenvalue weighted by Gasteiger charge is 2.41. The van der Waals surface area contributed by atoms with Gasteiger partial charge in [-0.25, -0.2) is 0 Å². The first-order chi connectivity index (χ1) is 15.7. The molecular formula is C25H33N5O2. The number of carbonyl (C=O) groups excluding carboxylic acids is 1. The number of aromatic nitrogens is 2. The number of fused-ring (bicyclic) bond motifs is 1. The van der Waals surface area contributed by atoms with Crippen molar-refractivity contribution in [2.75, 3.05) is 45.2 Å². The summed E-state index contributed by atoms with van der Waals surface area (Å²) in [6.45, 7) is 5.64. The molecule has 0 spiro atoms. The van der Waals surface area contributed by atoms with Crippen LogP contribution in [0.5, 0.6) is 0 Å². The second kappa shape index (κ2) is 9.55. The van der Waals surface area contributed by atoms with Crippen molar-refractivity contribution in [3.63, 3.8) is 0 Å². The van der Waals surface area contributed by atoms with E-state index in [1.54, 1.807) is 7.05 Å². The van der Waals surface area contributed by atoms with Crippen molar-refractivity contribution in [3.8, 4) is 11.3 Å². The Morgan fingerprint density at radius 3 is 2.38 bits per heavy atom. The zero-order valence-corrected chi connectivity index (χ0v) is 18.8. The van der Waals surface area contributed by atoms with Gasteiger partial charge in [0.15, 0.2) is 0 Å². The van der Waals surface area contributed by atoms with Gasteiger partial charge in [0.2, 0.25) is 0 Å². The normalized spacial score (nSPS) is 26.1. The van der Waals surface area contributed by atoms with E-state index in [-0.39, 0.29) is 5.91 Å². The fourth-order valence-corrected chi connectivity index (χ4v) is 5.67. The van der Waals surface area contributed by atoms with Gasteiger partial charge in [0, 0.05) is 57.1 Å². The number of likely N-dealkylation sites (tertiary alicyclic amines) is 1. The summed E-state index contributed by atoms with van der Waals surface area (Å²) >= 11 is 0. The molecule has 2 aromatic rings. The Hall–Kier alpha value is -2.51. The molecule has 1 aromatic carbocycles. The van der Waals surface area contributed by atoms with E-state index in [1.807, 2.05) is 36.4 Å². The SMILES string of the molecule is CNC(=O)c1ccc(-c2ccc(NC3CC4CN(CC5CCOCC5)C[C@H]4C3)nn2)cc1. The van der Waals surface area contributed by atoms with Crippen molar-refractivity contribution in [2.45, 2.75) is 31.7 Å². The van der Waals surface area contributed by atoms with Crippen LogP contribution in [-0.2, 0) is 4.74 Å². The fraction of sp³-hybridized carbons (Fsp3) is 0.560. The summed E-state index contributed by atoms with van der Waals surface area (Å²) in [6, 6.07) is 11.9. The van der Waals surface area contributed by atoms with Gasteiger partial charge >= 0.3 is 0 Å². The minimum absolute atomic E-state index is 0.0878. The molecule has 0 bridgehead atoms. The van der Waals surface area contributed by atoms with Gasteiger partial charge in [-0.05, 0) is 67.7 Å². The van der Waals surface area contributed by atoms with E-state index in [0.29, 0.717) is 11.6 Å². The van der Waals surface area contributed by atoms with Crippen LogP contribution in [0.2, 0.25) is 0 Å². The Labute approximate surface area is 189 Å². The maximum atomic E-state index is 11.7. The van der Waals surface area contributed by atoms with Gasteiger partial charge in [-0.15, -0.1) is 10.2 Å². The third-order valence-electron chi connectivity index (χ3n) is 7.37. The molecule has 1 saturated carbocycles. The van der Waals surface area contributed by atoms with Crippen molar-refractivity contribution in [2.24, 2.45) is 17.8 Å². The molecule has 1 aliphatic carbocycles. The van der Waals surface area contributed by atoms with Crippen molar-refractivity contribution in [1.29, 1.82) is 0 Å². The Balaban J connectivity index is 1.12. The highest BCUT2D eigenvalue weighted by Crippen LogP contribution is 2.39. The number of anilines is 1. The van der Waals surface area contributed by atoms with E-state index >= 15 is 0 Å². The average molecular weight is 436 g/mol. The molecule has 32 heavy (non-hydrogen) atoms. The molecule has 3 fully saturated rings. The molecule has 170 valence electrons. The van der Waals surface area contributed by atoms with Crippen molar-refractivity contribution < 1.29 is 9.53 Å². The molecular weight excluding hydrogens is 402 g/mol. The molecule has 7 nitrogen and oxygen atoms in total. The third-order valence-corrected chi connectivity index (χ3v) is 7.37. The molecule has 1 amide bonds. The van der Waals surface area contributed by atoms with Crippen LogP contribution in [0.3, 0.4) is 0 Å². The van der Waals surface area contributed by atoms with Gasteiger partial charge in [-0.3, -0.25) is 4.79 Å². The predicted octanol–water partition coefficient (Wildman–Crippen LogP) is 3.05. The second-order valence-corrected chi connectivity index (χ2v) is 9.57. The molecule has 2 N–H and O–H groups in total. The number of ether oxygens (including phenoxy) is 1. The van der Waals surface area contributed by atoms with Gasteiger partial charge in [-0.1, -0.05) is 12.1 Å². The number of hydrogen-bond donors (Lipinski definition) is 2. The minimum Gasteiger partial charge on any atom is -0.381 e. The van der Waals surface area contributed by atoms with Crippen LogP contribution >= 0.6 is 0 Å². The van der Waals surface area contributed by atoms with E-state index in [2.05, 4.69) is 25.7 Å². The lowest BCUT2D eigenvalue weighted by Crippen LogP contribution is -2.32. The number of nitrogens with one attached hydrogen (secondary N) is 2. The largest absolute Gasteiger partial charge is 0.381 e. The number of carbonyl (C=O) groups is 1. The average Bonchev–Trinajstić information content (AvgIpc) is 3.37. The summed E-state index contributed by atoms with van der Waals surface area (Å²) in [7, 11) is 1.63. The molecule has 2 unspecified atom stereocenters. The standard InChI is InChI=1S/C25H33N5O2/c1-26-25(31)19-4-2-18(3-5-19)23-6-7-24(29-28-23)27-22-12-20-15-30(16-21(20)13-22)14-17-8-10-32-11-9-17/h2-7,17,20-22H,8-16H2,1H3,(H,26,31)(H,27,29)/t20-,21?,22?/m1/s1. The summed E-state index contributed by atoms with van der Waals surface area (Å²) in [5.41, 5.74) is 2.41. The Kier molecular flexibility index (Phi) is 6.37. The zero-order valence-electron chi connectivity index (χ0n) is 18.8. The summed E-state index contributed by atoms with van der Waals surface area (Å²) in [6.07, 6.45) is 4.89. The van der Waals surface area contributed by atoms with E-state index in [1.165, 1.54) is 45.3 Å². The van der Waals surface area contributed by atoms with E-state index in [4.69, 9.17) is 4.74 Å². The topological polar surface area (TPSA) is 79.4 Å². The highest BCUT2D eigenvalue weighted by molar-refractivity contribution is 5.94. The third kappa shape index (κ3) is 4.79. The van der Waals surface area contributed by atoms with Gasteiger partial charge in [-0.2, -0.15) is 0 Å². The summed E-state index contributed by atoms with van der Waals surface area (Å²) in [4.78, 5) is 14.4. The molecule has 3 heterocycles. The quantitative estimate of drug-likeness (QED) is 0.726. The van der Waals surface area contributed by atoms with Gasteiger partial charge in [0.05, 0.1) is 5.69 Å². The van der Waals surface area contributed by atoms with Crippen molar-refractivity contribution >= 4 is 11.7 Å². The Morgan fingerprint density at radius 2 is 1.75 bits per heavy atom. The molecule has 7 heteroatoms. The minimum atomic E-state index is -0.0878. The smallest absolute Gasteiger partial charge is 0.251 e. The number of hydrogen-bond acceptors (Lipinski definition) is 6. The molecule has 2 aliphatic heterocycles. The number of amides is 1. The first-order valence-corrected chi connectivity index (χ1v) is 11.9. The molecule has 5 rings (SSSR count). The van der Waals surface area contributed by atoms with Crippen LogP contribution in [0.25, 0.3) is 11.3 Å². The zero-order chi connectivity index (χ0) is 21.9. The lowest BCUT2D eigenvalue weighted by atomic mass is 10.00. The van der Waals surface area contributed by atoms with Crippen molar-refractivity contribution in [3.05, 3.63) is 42.0 Å². The molecule has 1 aromatic heterocycles. The van der Waals surface area contributed by atoms with Crippen LogP contribution in [0, 0.1) is 17.8 Å². The van der Waals surface area contributed by atoms with Gasteiger partial charge in [0.25, 0.3) is 5.91 Å². The van der Waals surface area contributed by atoms with Crippen LogP contribution in [0.4, 0.5) is 5.82 Å². The summed E-state index contributed by atoms with van der Waals surface area (Å²) < 4.78 is 5.51. The fourth-order valence-electron chi connectivity index (χ4n) is 5.67. The maximum absolute atomic E-state index is 11.7. The predicted molar refractivity (Wildman–Crippen MR) is 124 cm³/mol. The lowest BCUT2D eigenvalue weighted by Gasteiger charge is -2.27. The van der Waals surface area contributed by atoms with Gasteiger partial charge < -0.3 is 20.3 Å². The summed E-state index contributed by atoms with van der Waals surface area (Å²) in [5, 5.41) is 15.1. The highest BCUT2D eigenvalue weighted by atomic mass is 16.5. The van der Waals surface area contributed by atoms with E-state index < -0.39 is 0 Å². The molecule has 3 aliphatic rings. The van der Waals surface area contributed by atoms with Crippen LogP contribution < -0.4 is 10.6 Å². The van der Waals surface area contributed by atoms with Gasteiger partial charge in [0.1, 0.15) is 5.82 Å². The lowest BCUT2D eigenvalue weighted by molar-refractivity contribution is 0.0545. The molecule has 2 saturated heterocycles. The maximum Gasteiger partial charge on any atom is 0.251 e. The Bertz CT molecular complexity index is 897. The summed E-state index contributed by atoms with van der Waals surface area (Å²) in [5.74, 6) is 3.19. The Morgan fingerprint density at radius 1 is 1.03 bits per heavy atom. The molecule has 3 atom stereocenters. The van der Waals surface area contributed by atoms with E-state index in [9.17, 15) is 4.79 Å². The second-order valence-electron chi connectivity index (χ2n) is 9.57. The molecule has 0 radical (unpaired) electrons.